The molecule has 254 valence electrons. The highest BCUT2D eigenvalue weighted by Crippen LogP contribution is 2.68. The highest BCUT2D eigenvalue weighted by atomic mass is 15.0. The second-order valence-electron chi connectivity index (χ2n) is 15.5. The van der Waals surface area contributed by atoms with E-state index < -0.39 is 10.8 Å². The van der Waals surface area contributed by atoms with Gasteiger partial charge in [0.2, 0.25) is 0 Å². The number of hydrogen-bond acceptors (Lipinski definition) is 0. The van der Waals surface area contributed by atoms with Crippen LogP contribution in [0.25, 0.3) is 60.5 Å². The molecule has 0 saturated heterocycles. The predicted octanol–water partition coefficient (Wildman–Crippen LogP) is 13.0. The van der Waals surface area contributed by atoms with Crippen molar-refractivity contribution in [2.45, 2.75) is 10.8 Å². The third-order valence-electron chi connectivity index (χ3n) is 13.3. The van der Waals surface area contributed by atoms with Crippen molar-refractivity contribution in [3.05, 3.63) is 245 Å². The van der Waals surface area contributed by atoms with Gasteiger partial charge in [-0.2, -0.15) is 0 Å². The maximum atomic E-state index is 2.54. The molecule has 0 bridgehead atoms. The molecule has 13 rings (SSSR count). The molecule has 9 aromatic carbocycles. The van der Waals surface area contributed by atoms with Crippen molar-refractivity contribution in [3.8, 4) is 27.9 Å². The molecule has 3 aliphatic carbocycles. The van der Waals surface area contributed by atoms with Gasteiger partial charge in [-0.15, -0.1) is 0 Å². The smallest absolute Gasteiger partial charge is 0.0720 e. The van der Waals surface area contributed by atoms with Crippen LogP contribution < -0.4 is 0 Å². The SMILES string of the molecule is c1ccc(-n2c3ccc4ccccc4c3c3ccc4c(c32)-c2ccccc2C42c3ccccc3C3(c4ccccc4-c4ccccc43)c3ccccc32)cc1. The van der Waals surface area contributed by atoms with Crippen molar-refractivity contribution < 1.29 is 0 Å². The van der Waals surface area contributed by atoms with Crippen LogP contribution in [-0.2, 0) is 10.8 Å². The van der Waals surface area contributed by atoms with Crippen molar-refractivity contribution >= 4 is 32.6 Å². The summed E-state index contributed by atoms with van der Waals surface area (Å²) in [5.74, 6) is 0. The maximum absolute atomic E-state index is 2.54. The lowest BCUT2D eigenvalue weighted by atomic mass is 9.52. The first kappa shape index (κ1) is 29.5. The average Bonchev–Trinajstić information content (AvgIpc) is 3.87. The van der Waals surface area contributed by atoms with E-state index in [4.69, 9.17) is 0 Å². The fraction of sp³-hybridized carbons (Fsp3) is 0.0370. The summed E-state index contributed by atoms with van der Waals surface area (Å²) in [4.78, 5) is 0. The fourth-order valence-corrected chi connectivity index (χ4v) is 11.4. The molecule has 1 nitrogen and oxygen atoms in total. The number of benzene rings is 9. The zero-order valence-corrected chi connectivity index (χ0v) is 30.0. The van der Waals surface area contributed by atoms with Gasteiger partial charge >= 0.3 is 0 Å². The van der Waals surface area contributed by atoms with Gasteiger partial charge in [0.1, 0.15) is 0 Å². The summed E-state index contributed by atoms with van der Waals surface area (Å²) >= 11 is 0. The lowest BCUT2D eigenvalue weighted by molar-refractivity contribution is 0.633. The lowest BCUT2D eigenvalue weighted by Gasteiger charge is -2.48. The van der Waals surface area contributed by atoms with Crippen LogP contribution >= 0.6 is 0 Å². The normalized spacial score (nSPS) is 14.8. The van der Waals surface area contributed by atoms with Gasteiger partial charge in [0.15, 0.2) is 0 Å². The molecule has 1 aromatic heterocycles. The van der Waals surface area contributed by atoms with E-state index in [0.29, 0.717) is 0 Å². The summed E-state index contributed by atoms with van der Waals surface area (Å²) < 4.78 is 2.54. The predicted molar refractivity (Wildman–Crippen MR) is 226 cm³/mol. The monoisotopic (exact) mass is 695 g/mol. The first-order valence-electron chi connectivity index (χ1n) is 19.4. The highest BCUT2D eigenvalue weighted by molar-refractivity contribution is 6.24. The van der Waals surface area contributed by atoms with Crippen molar-refractivity contribution in [2.24, 2.45) is 0 Å². The Bertz CT molecular complexity index is 3170. The molecule has 0 aliphatic heterocycles. The number of para-hydroxylation sites is 1. The minimum Gasteiger partial charge on any atom is -0.309 e. The topological polar surface area (TPSA) is 4.93 Å². The largest absolute Gasteiger partial charge is 0.309 e. The maximum Gasteiger partial charge on any atom is 0.0720 e. The average molecular weight is 696 g/mol. The summed E-state index contributed by atoms with van der Waals surface area (Å²) in [7, 11) is 0. The van der Waals surface area contributed by atoms with Crippen LogP contribution in [0, 0.1) is 0 Å². The van der Waals surface area contributed by atoms with Crippen molar-refractivity contribution in [2.75, 3.05) is 0 Å². The summed E-state index contributed by atoms with van der Waals surface area (Å²) in [5.41, 5.74) is 18.8. The second kappa shape index (κ2) is 10.4. The zero-order chi connectivity index (χ0) is 35.9. The number of fused-ring (bicyclic) bond motifs is 22. The minimum atomic E-state index is -0.537. The highest BCUT2D eigenvalue weighted by Gasteiger charge is 2.59. The molecule has 0 unspecified atom stereocenters. The van der Waals surface area contributed by atoms with Gasteiger partial charge in [-0.3, -0.25) is 0 Å². The van der Waals surface area contributed by atoms with E-state index in [9.17, 15) is 0 Å². The van der Waals surface area contributed by atoms with Crippen molar-refractivity contribution in [1.29, 1.82) is 0 Å². The molecular formula is C54H33N. The Hall–Kier alpha value is -6.96. The fourth-order valence-electron chi connectivity index (χ4n) is 11.4. The minimum absolute atomic E-state index is 0.453. The lowest BCUT2D eigenvalue weighted by Crippen LogP contribution is -2.43. The molecule has 1 heteroatoms. The second-order valence-corrected chi connectivity index (χ2v) is 15.5. The Morgan fingerprint density at radius 1 is 0.309 bits per heavy atom. The molecule has 0 radical (unpaired) electrons. The molecule has 0 N–H and O–H groups in total. The summed E-state index contributed by atoms with van der Waals surface area (Å²) in [6.45, 7) is 0. The van der Waals surface area contributed by atoms with Gasteiger partial charge in [0.25, 0.3) is 0 Å². The van der Waals surface area contributed by atoms with Crippen LogP contribution in [0.2, 0.25) is 0 Å². The zero-order valence-electron chi connectivity index (χ0n) is 30.0. The summed E-state index contributed by atoms with van der Waals surface area (Å²) in [6.07, 6.45) is 0. The van der Waals surface area contributed by atoms with Crippen LogP contribution in [0.5, 0.6) is 0 Å². The summed E-state index contributed by atoms with van der Waals surface area (Å²) in [6, 6.07) is 75.6. The Labute approximate surface area is 319 Å². The van der Waals surface area contributed by atoms with E-state index in [1.54, 1.807) is 0 Å². The van der Waals surface area contributed by atoms with Crippen molar-refractivity contribution in [1.82, 2.24) is 4.57 Å². The Kier molecular flexibility index (Phi) is 5.56. The van der Waals surface area contributed by atoms with Gasteiger partial charge in [-0.1, -0.05) is 182 Å². The van der Waals surface area contributed by atoms with Gasteiger partial charge in [0.05, 0.1) is 21.9 Å². The van der Waals surface area contributed by atoms with E-state index in [2.05, 4.69) is 205 Å². The van der Waals surface area contributed by atoms with Crippen molar-refractivity contribution in [3.63, 3.8) is 0 Å². The Morgan fingerprint density at radius 2 is 0.782 bits per heavy atom. The molecule has 0 amide bonds. The third-order valence-corrected chi connectivity index (χ3v) is 13.3. The molecule has 0 fully saturated rings. The first-order chi connectivity index (χ1) is 27.3. The molecule has 0 atom stereocenters. The van der Waals surface area contributed by atoms with Gasteiger partial charge in [0, 0.05) is 22.0 Å². The Balaban J connectivity index is 1.24. The molecular weight excluding hydrogens is 663 g/mol. The van der Waals surface area contributed by atoms with Gasteiger partial charge in [-0.25, -0.2) is 0 Å². The van der Waals surface area contributed by atoms with Crippen LogP contribution in [0.3, 0.4) is 0 Å². The molecule has 1 heterocycles. The number of hydrogen-bond donors (Lipinski definition) is 0. The van der Waals surface area contributed by atoms with E-state index in [0.717, 1.165) is 0 Å². The van der Waals surface area contributed by atoms with Gasteiger partial charge < -0.3 is 4.57 Å². The van der Waals surface area contributed by atoms with Crippen LogP contribution in [0.1, 0.15) is 44.5 Å². The van der Waals surface area contributed by atoms with Crippen LogP contribution in [-0.4, -0.2) is 4.57 Å². The third kappa shape index (κ3) is 3.34. The Morgan fingerprint density at radius 3 is 1.40 bits per heavy atom. The molecule has 2 spiro atoms. The standard InChI is InChI=1S/C54H33N/c1-2-17-35(18-3-1)55-49-33-30-34-16-4-5-19-36(34)50(49)40-31-32-48-51(52(40)55)39-22-8-11-25-43(39)54(48)46-28-14-12-26-44(46)53(45-27-13-15-29-47(45)54)41-23-9-6-20-37(41)38-21-7-10-24-42(38)53/h1-33H. The molecule has 10 aromatic rings. The van der Waals surface area contributed by atoms with E-state index >= 15 is 0 Å². The quantitative estimate of drug-likeness (QED) is 0.161. The van der Waals surface area contributed by atoms with E-state index in [1.165, 1.54) is 105 Å². The van der Waals surface area contributed by atoms with E-state index in [-0.39, 0.29) is 0 Å². The molecule has 3 aliphatic rings. The number of aromatic nitrogens is 1. The summed E-state index contributed by atoms with van der Waals surface area (Å²) in [5, 5.41) is 5.14. The molecule has 55 heavy (non-hydrogen) atoms. The van der Waals surface area contributed by atoms with E-state index in [1.807, 2.05) is 0 Å². The number of rotatable bonds is 1. The van der Waals surface area contributed by atoms with Crippen LogP contribution in [0.4, 0.5) is 0 Å². The molecule has 0 saturated carbocycles. The number of nitrogens with zero attached hydrogens (tertiary/aromatic N) is 1. The van der Waals surface area contributed by atoms with Crippen LogP contribution in [0.15, 0.2) is 200 Å². The van der Waals surface area contributed by atoms with Gasteiger partial charge in [-0.05, 0) is 90.2 Å². The first-order valence-corrected chi connectivity index (χ1v) is 19.4.